The number of nitrogens with zero attached hydrogens (tertiary/aromatic N) is 2. The van der Waals surface area contributed by atoms with Gasteiger partial charge in [0.2, 0.25) is 0 Å². The highest BCUT2D eigenvalue weighted by atomic mass is 19.1. The number of hydrogen-bond acceptors (Lipinski definition) is 2. The Morgan fingerprint density at radius 2 is 2.36 bits per heavy atom. The van der Waals surface area contributed by atoms with Crippen molar-refractivity contribution in [2.45, 2.75) is 24.9 Å². The molecular weight excluding hydrogens is 187 g/mol. The van der Waals surface area contributed by atoms with Crippen molar-refractivity contribution < 1.29 is 14.3 Å². The first kappa shape index (κ1) is 11.2. The van der Waals surface area contributed by atoms with Crippen molar-refractivity contribution in [3.8, 4) is 0 Å². The minimum absolute atomic E-state index is 0.0375. The van der Waals surface area contributed by atoms with Crippen LogP contribution in [0.4, 0.5) is 9.18 Å². The van der Waals surface area contributed by atoms with Crippen molar-refractivity contribution in [2.75, 3.05) is 27.3 Å². The van der Waals surface area contributed by atoms with Gasteiger partial charge in [0.15, 0.2) is 0 Å². The fourth-order valence-corrected chi connectivity index (χ4v) is 1.84. The number of carbonyl (C=O) groups is 1. The van der Waals surface area contributed by atoms with Gasteiger partial charge in [-0.05, 0) is 19.9 Å². The van der Waals surface area contributed by atoms with Crippen LogP contribution in [0.15, 0.2) is 0 Å². The molecule has 1 saturated heterocycles. The highest BCUT2D eigenvalue weighted by Crippen LogP contribution is 2.20. The van der Waals surface area contributed by atoms with E-state index in [1.54, 1.807) is 7.05 Å². The third kappa shape index (κ3) is 2.35. The Kier molecular flexibility index (Phi) is 3.69. The Balaban J connectivity index is 2.54. The van der Waals surface area contributed by atoms with Gasteiger partial charge in [-0.1, -0.05) is 0 Å². The topological polar surface area (TPSA) is 43.8 Å². The first-order valence-corrected chi connectivity index (χ1v) is 4.78. The lowest BCUT2D eigenvalue weighted by Crippen LogP contribution is -2.49. The molecule has 0 bridgehead atoms. The van der Waals surface area contributed by atoms with E-state index in [9.17, 15) is 9.18 Å². The average molecular weight is 204 g/mol. The van der Waals surface area contributed by atoms with E-state index in [0.29, 0.717) is 6.42 Å². The summed E-state index contributed by atoms with van der Waals surface area (Å²) < 4.78 is 12.6. The van der Waals surface area contributed by atoms with E-state index in [0.717, 1.165) is 13.0 Å². The van der Waals surface area contributed by atoms with Crippen molar-refractivity contribution in [3.05, 3.63) is 0 Å². The van der Waals surface area contributed by atoms with Gasteiger partial charge in [-0.2, -0.15) is 0 Å². The first-order chi connectivity index (χ1) is 6.56. The second kappa shape index (κ2) is 4.59. The van der Waals surface area contributed by atoms with Crippen LogP contribution in [0.1, 0.15) is 12.8 Å². The summed E-state index contributed by atoms with van der Waals surface area (Å²) in [5.41, 5.74) is 0. The van der Waals surface area contributed by atoms with Crippen LogP contribution >= 0.6 is 0 Å². The summed E-state index contributed by atoms with van der Waals surface area (Å²) in [5, 5.41) is 8.78. The van der Waals surface area contributed by atoms with Crippen LogP contribution < -0.4 is 0 Å². The highest BCUT2D eigenvalue weighted by Gasteiger charge is 2.30. The predicted molar refractivity (Wildman–Crippen MR) is 51.2 cm³/mol. The summed E-state index contributed by atoms with van der Waals surface area (Å²) in [7, 11) is 3.43. The molecular formula is C9H17FN2O2. The van der Waals surface area contributed by atoms with Gasteiger partial charge in [-0.15, -0.1) is 0 Å². The summed E-state index contributed by atoms with van der Waals surface area (Å²) in [6, 6.07) is -0.167. The van der Waals surface area contributed by atoms with E-state index in [-0.39, 0.29) is 12.1 Å². The largest absolute Gasteiger partial charge is 0.465 e. The molecule has 0 aromatic rings. The molecule has 1 heterocycles. The number of amides is 1. The van der Waals surface area contributed by atoms with Gasteiger partial charge >= 0.3 is 6.09 Å². The summed E-state index contributed by atoms with van der Waals surface area (Å²) in [4.78, 5) is 13.9. The summed E-state index contributed by atoms with van der Waals surface area (Å²) >= 11 is 0. The average Bonchev–Trinajstić information content (AvgIpc) is 2.17. The van der Waals surface area contributed by atoms with Gasteiger partial charge in [-0.25, -0.2) is 9.18 Å². The SMILES string of the molecule is CN1CCC(N(C)C(=O)O)CC1CF. The van der Waals surface area contributed by atoms with E-state index in [2.05, 4.69) is 0 Å². The molecule has 0 aromatic carbocycles. The Hall–Kier alpha value is -0.840. The van der Waals surface area contributed by atoms with E-state index in [1.807, 2.05) is 11.9 Å². The van der Waals surface area contributed by atoms with Crippen molar-refractivity contribution in [1.29, 1.82) is 0 Å². The fourth-order valence-electron chi connectivity index (χ4n) is 1.84. The summed E-state index contributed by atoms with van der Waals surface area (Å²) in [6.45, 7) is 0.358. The highest BCUT2D eigenvalue weighted by molar-refractivity contribution is 5.64. The lowest BCUT2D eigenvalue weighted by molar-refractivity contribution is 0.0763. The van der Waals surface area contributed by atoms with Gasteiger partial charge in [-0.3, -0.25) is 0 Å². The normalized spacial score (nSPS) is 28.8. The van der Waals surface area contributed by atoms with Crippen LogP contribution in [-0.4, -0.2) is 60.4 Å². The molecule has 4 nitrogen and oxygen atoms in total. The second-order valence-electron chi connectivity index (χ2n) is 3.86. The maximum Gasteiger partial charge on any atom is 0.407 e. The number of carboxylic acid groups (broad SMARTS) is 1. The molecule has 1 aliphatic rings. The monoisotopic (exact) mass is 204 g/mol. The number of rotatable bonds is 2. The van der Waals surface area contributed by atoms with Crippen LogP contribution in [0.25, 0.3) is 0 Å². The lowest BCUT2D eigenvalue weighted by atomic mass is 9.98. The van der Waals surface area contributed by atoms with Crippen LogP contribution in [0.3, 0.4) is 0 Å². The van der Waals surface area contributed by atoms with E-state index in [4.69, 9.17) is 5.11 Å². The third-order valence-corrected chi connectivity index (χ3v) is 3.01. The Morgan fingerprint density at radius 3 is 2.86 bits per heavy atom. The van der Waals surface area contributed by atoms with Crippen LogP contribution in [0.2, 0.25) is 0 Å². The van der Waals surface area contributed by atoms with Gasteiger partial charge in [0.05, 0.1) is 0 Å². The molecule has 82 valence electrons. The summed E-state index contributed by atoms with van der Waals surface area (Å²) in [5.74, 6) is 0. The zero-order valence-corrected chi connectivity index (χ0v) is 8.61. The molecule has 14 heavy (non-hydrogen) atoms. The molecule has 0 spiro atoms. The minimum Gasteiger partial charge on any atom is -0.465 e. The Morgan fingerprint density at radius 1 is 1.71 bits per heavy atom. The molecule has 0 saturated carbocycles. The zero-order valence-electron chi connectivity index (χ0n) is 8.61. The van der Waals surface area contributed by atoms with Crippen LogP contribution in [0.5, 0.6) is 0 Å². The summed E-state index contributed by atoms with van der Waals surface area (Å²) in [6.07, 6.45) is 0.447. The minimum atomic E-state index is -0.933. The molecule has 1 rings (SSSR count). The molecule has 2 unspecified atom stereocenters. The van der Waals surface area contributed by atoms with Crippen LogP contribution in [-0.2, 0) is 0 Å². The van der Waals surface area contributed by atoms with E-state index in [1.165, 1.54) is 4.90 Å². The maximum absolute atomic E-state index is 12.6. The standard InChI is InChI=1S/C9H17FN2O2/c1-11-4-3-7(5-8(11)6-10)12(2)9(13)14/h7-8H,3-6H2,1-2H3,(H,13,14). The maximum atomic E-state index is 12.6. The van der Waals surface area contributed by atoms with Crippen molar-refractivity contribution in [2.24, 2.45) is 0 Å². The van der Waals surface area contributed by atoms with Gasteiger partial charge in [0.25, 0.3) is 0 Å². The Labute approximate surface area is 83.3 Å². The number of hydrogen-bond donors (Lipinski definition) is 1. The van der Waals surface area contributed by atoms with Gasteiger partial charge in [0, 0.05) is 25.7 Å². The number of alkyl halides is 1. The molecule has 0 aliphatic carbocycles. The van der Waals surface area contributed by atoms with E-state index >= 15 is 0 Å². The molecule has 2 atom stereocenters. The zero-order chi connectivity index (χ0) is 10.7. The lowest BCUT2D eigenvalue weighted by Gasteiger charge is -2.38. The Bertz CT molecular complexity index is 213. The molecule has 1 aliphatic heterocycles. The smallest absolute Gasteiger partial charge is 0.407 e. The van der Waals surface area contributed by atoms with Crippen molar-refractivity contribution in [1.82, 2.24) is 9.80 Å². The molecule has 0 aromatic heterocycles. The van der Waals surface area contributed by atoms with Gasteiger partial charge < -0.3 is 14.9 Å². The molecule has 5 heteroatoms. The molecule has 1 fully saturated rings. The fraction of sp³-hybridized carbons (Fsp3) is 0.889. The van der Waals surface area contributed by atoms with Gasteiger partial charge in [0.1, 0.15) is 6.67 Å². The third-order valence-electron chi connectivity index (χ3n) is 3.01. The molecule has 1 N–H and O–H groups in total. The number of piperidine rings is 1. The van der Waals surface area contributed by atoms with Crippen molar-refractivity contribution >= 4 is 6.09 Å². The number of likely N-dealkylation sites (tertiary alicyclic amines) is 1. The first-order valence-electron chi connectivity index (χ1n) is 4.78. The predicted octanol–water partition coefficient (Wildman–Crippen LogP) is 1.03. The van der Waals surface area contributed by atoms with Crippen LogP contribution in [0, 0.1) is 0 Å². The van der Waals surface area contributed by atoms with E-state index < -0.39 is 12.8 Å². The van der Waals surface area contributed by atoms with Crippen molar-refractivity contribution in [3.63, 3.8) is 0 Å². The second-order valence-corrected chi connectivity index (χ2v) is 3.86. The molecule has 1 amide bonds. The number of halogens is 1. The quantitative estimate of drug-likeness (QED) is 0.730. The molecule has 0 radical (unpaired) electrons.